The van der Waals surface area contributed by atoms with Gasteiger partial charge < -0.3 is 10.1 Å². The summed E-state index contributed by atoms with van der Waals surface area (Å²) < 4.78 is 5.25. The maximum atomic E-state index is 12.2. The van der Waals surface area contributed by atoms with E-state index in [0.29, 0.717) is 12.5 Å². The number of carbonyl (C=O) groups excluding carboxylic acids is 1. The molecule has 3 atom stereocenters. The maximum absolute atomic E-state index is 12.2. The van der Waals surface area contributed by atoms with Crippen LogP contribution in [0.15, 0.2) is 54.6 Å². The molecule has 3 nitrogen and oxygen atoms in total. The van der Waals surface area contributed by atoms with Gasteiger partial charge in [-0.1, -0.05) is 68.7 Å². The van der Waals surface area contributed by atoms with E-state index in [-0.39, 0.29) is 17.9 Å². The summed E-state index contributed by atoms with van der Waals surface area (Å²) in [5.74, 6) is 0.284. The zero-order chi connectivity index (χ0) is 20.9. The summed E-state index contributed by atoms with van der Waals surface area (Å²) in [6.07, 6.45) is 9.49. The van der Waals surface area contributed by atoms with Gasteiger partial charge in [0.2, 0.25) is 0 Å². The number of rotatable bonds is 9. The second-order valence-corrected chi connectivity index (χ2v) is 8.57. The van der Waals surface area contributed by atoms with Crippen molar-refractivity contribution in [1.82, 2.24) is 0 Å². The van der Waals surface area contributed by atoms with Crippen molar-refractivity contribution in [2.45, 2.75) is 58.4 Å². The molecule has 0 bridgehead atoms. The number of carbonyl (C=O) groups is 1. The molecule has 1 fully saturated rings. The second-order valence-electron chi connectivity index (χ2n) is 8.57. The molecular weight excluding hydrogens is 370 g/mol. The third-order valence-corrected chi connectivity index (χ3v) is 6.34. The standard InChI is InChI=1S/C27H33NO2/c1-3-5-6-8-11-19-14-15-25-22(16-19)21(20-12-9-7-10-13-20)18-26(28-25)23-17-24(23)27(29)30-4-2/h7,9-10,12-16,18,23-24,26,28H,3-6,8,11,17H2,1-2H3. The van der Waals surface area contributed by atoms with Gasteiger partial charge in [-0.15, -0.1) is 0 Å². The van der Waals surface area contributed by atoms with E-state index in [4.69, 9.17) is 4.74 Å². The van der Waals surface area contributed by atoms with Crippen LogP contribution in [0.25, 0.3) is 5.57 Å². The van der Waals surface area contributed by atoms with Gasteiger partial charge >= 0.3 is 5.97 Å². The fourth-order valence-electron chi connectivity index (χ4n) is 4.57. The summed E-state index contributed by atoms with van der Waals surface area (Å²) in [5.41, 5.74) is 6.37. The van der Waals surface area contributed by atoms with Crippen molar-refractivity contribution in [3.05, 3.63) is 71.3 Å². The lowest BCUT2D eigenvalue weighted by atomic mass is 9.88. The number of ether oxygens (including phenoxy) is 1. The Labute approximate surface area is 180 Å². The number of anilines is 1. The average Bonchev–Trinajstić information content (AvgIpc) is 3.58. The molecule has 0 saturated heterocycles. The van der Waals surface area contributed by atoms with Crippen LogP contribution in [0.2, 0.25) is 0 Å². The first kappa shape index (κ1) is 20.7. The Morgan fingerprint density at radius 3 is 2.67 bits per heavy atom. The van der Waals surface area contributed by atoms with Crippen LogP contribution in [0.4, 0.5) is 5.69 Å². The monoisotopic (exact) mass is 403 g/mol. The van der Waals surface area contributed by atoms with Gasteiger partial charge in [0.25, 0.3) is 0 Å². The normalized spacial score (nSPS) is 21.9. The predicted molar refractivity (Wildman–Crippen MR) is 123 cm³/mol. The van der Waals surface area contributed by atoms with E-state index in [1.165, 1.54) is 53.6 Å². The lowest BCUT2D eigenvalue weighted by molar-refractivity contribution is -0.145. The van der Waals surface area contributed by atoms with E-state index in [9.17, 15) is 4.79 Å². The van der Waals surface area contributed by atoms with Gasteiger partial charge in [-0.3, -0.25) is 4.79 Å². The molecule has 0 amide bonds. The van der Waals surface area contributed by atoms with Gasteiger partial charge in [-0.05, 0) is 60.9 Å². The van der Waals surface area contributed by atoms with E-state index in [1.807, 2.05) is 6.92 Å². The van der Waals surface area contributed by atoms with Crippen molar-refractivity contribution in [3.63, 3.8) is 0 Å². The van der Waals surface area contributed by atoms with Crippen LogP contribution >= 0.6 is 0 Å². The van der Waals surface area contributed by atoms with Crippen molar-refractivity contribution >= 4 is 17.2 Å². The van der Waals surface area contributed by atoms with E-state index in [2.05, 4.69) is 66.8 Å². The molecule has 0 spiro atoms. The van der Waals surface area contributed by atoms with Crippen molar-refractivity contribution in [1.29, 1.82) is 0 Å². The molecule has 1 N–H and O–H groups in total. The number of hydrogen-bond acceptors (Lipinski definition) is 3. The Balaban J connectivity index is 1.58. The summed E-state index contributed by atoms with van der Waals surface area (Å²) in [4.78, 5) is 12.2. The highest BCUT2D eigenvalue weighted by molar-refractivity contribution is 5.89. The van der Waals surface area contributed by atoms with E-state index in [0.717, 1.165) is 12.8 Å². The van der Waals surface area contributed by atoms with Crippen molar-refractivity contribution < 1.29 is 9.53 Å². The molecule has 0 aromatic heterocycles. The van der Waals surface area contributed by atoms with Crippen molar-refractivity contribution in [2.75, 3.05) is 11.9 Å². The minimum Gasteiger partial charge on any atom is -0.466 e. The maximum Gasteiger partial charge on any atom is 0.309 e. The van der Waals surface area contributed by atoms with Crippen LogP contribution in [0, 0.1) is 11.8 Å². The first-order valence-corrected chi connectivity index (χ1v) is 11.5. The van der Waals surface area contributed by atoms with Crippen LogP contribution in [0.1, 0.15) is 62.6 Å². The highest BCUT2D eigenvalue weighted by atomic mass is 16.5. The first-order valence-electron chi connectivity index (χ1n) is 11.5. The minimum atomic E-state index is -0.0489. The number of nitrogens with one attached hydrogen (secondary N) is 1. The third kappa shape index (κ3) is 4.61. The zero-order valence-electron chi connectivity index (χ0n) is 18.2. The smallest absolute Gasteiger partial charge is 0.309 e. The first-order chi connectivity index (χ1) is 14.7. The quantitative estimate of drug-likeness (QED) is 0.398. The highest BCUT2D eigenvalue weighted by Crippen LogP contribution is 2.47. The van der Waals surface area contributed by atoms with Gasteiger partial charge in [0, 0.05) is 17.3 Å². The second kappa shape index (κ2) is 9.51. The summed E-state index contributed by atoms with van der Waals surface area (Å²) in [6, 6.07) is 17.6. The fourth-order valence-corrected chi connectivity index (χ4v) is 4.57. The van der Waals surface area contributed by atoms with Crippen molar-refractivity contribution in [3.8, 4) is 0 Å². The molecule has 4 rings (SSSR count). The number of hydrogen-bond donors (Lipinski definition) is 1. The molecule has 1 aliphatic carbocycles. The minimum absolute atomic E-state index is 0.0233. The Morgan fingerprint density at radius 2 is 1.90 bits per heavy atom. The zero-order valence-corrected chi connectivity index (χ0v) is 18.2. The SMILES string of the molecule is CCCCCCc1ccc2c(c1)C(c1ccccc1)=CC(C1CC1C(=O)OCC)N2. The Kier molecular flexibility index (Phi) is 6.56. The number of esters is 1. The Bertz CT molecular complexity index is 902. The third-order valence-electron chi connectivity index (χ3n) is 6.34. The largest absolute Gasteiger partial charge is 0.466 e. The van der Waals surface area contributed by atoms with E-state index >= 15 is 0 Å². The summed E-state index contributed by atoms with van der Waals surface area (Å²) in [7, 11) is 0. The van der Waals surface area contributed by atoms with Crippen LogP contribution in [0.5, 0.6) is 0 Å². The molecule has 1 heterocycles. The van der Waals surface area contributed by atoms with Gasteiger partial charge in [0.05, 0.1) is 12.5 Å². The number of benzene rings is 2. The Hall–Kier alpha value is -2.55. The van der Waals surface area contributed by atoms with Crippen LogP contribution in [0.3, 0.4) is 0 Å². The molecule has 2 aliphatic rings. The van der Waals surface area contributed by atoms with E-state index in [1.54, 1.807) is 0 Å². The van der Waals surface area contributed by atoms with Gasteiger partial charge in [-0.25, -0.2) is 0 Å². The molecule has 3 heteroatoms. The molecule has 1 saturated carbocycles. The molecule has 30 heavy (non-hydrogen) atoms. The van der Waals surface area contributed by atoms with Crippen LogP contribution < -0.4 is 5.32 Å². The van der Waals surface area contributed by atoms with Gasteiger partial charge in [0.1, 0.15) is 0 Å². The highest BCUT2D eigenvalue weighted by Gasteiger charge is 2.49. The molecule has 3 unspecified atom stereocenters. The molecule has 2 aromatic carbocycles. The molecule has 1 aliphatic heterocycles. The summed E-state index contributed by atoms with van der Waals surface area (Å²) in [6.45, 7) is 4.58. The van der Waals surface area contributed by atoms with Gasteiger partial charge in [-0.2, -0.15) is 0 Å². The topological polar surface area (TPSA) is 38.3 Å². The van der Waals surface area contributed by atoms with Crippen molar-refractivity contribution in [2.24, 2.45) is 11.8 Å². The molecule has 2 aromatic rings. The average molecular weight is 404 g/mol. The predicted octanol–water partition coefficient (Wildman–Crippen LogP) is 6.23. The van der Waals surface area contributed by atoms with Crippen LogP contribution in [-0.2, 0) is 16.0 Å². The summed E-state index contributed by atoms with van der Waals surface area (Å²) >= 11 is 0. The van der Waals surface area contributed by atoms with Crippen LogP contribution in [-0.4, -0.2) is 18.6 Å². The number of unbranched alkanes of at least 4 members (excludes halogenated alkanes) is 3. The molecule has 158 valence electrons. The number of fused-ring (bicyclic) bond motifs is 1. The molecule has 0 radical (unpaired) electrons. The van der Waals surface area contributed by atoms with E-state index < -0.39 is 0 Å². The Morgan fingerprint density at radius 1 is 1.07 bits per heavy atom. The fraction of sp³-hybridized carbons (Fsp3) is 0.444. The van der Waals surface area contributed by atoms with Gasteiger partial charge in [0.15, 0.2) is 0 Å². The summed E-state index contributed by atoms with van der Waals surface area (Å²) in [5, 5.41) is 3.71. The lowest BCUT2D eigenvalue weighted by Gasteiger charge is -2.28. The number of aryl methyl sites for hydroxylation is 1. The lowest BCUT2D eigenvalue weighted by Crippen LogP contribution is -2.26. The molecular formula is C27H33NO2.